The van der Waals surface area contributed by atoms with Crippen molar-refractivity contribution in [2.45, 2.75) is 89.0 Å². The number of primary amides is 1. The predicted octanol–water partition coefficient (Wildman–Crippen LogP) is -3.00. The van der Waals surface area contributed by atoms with E-state index in [4.69, 9.17) is 28.7 Å². The molecular weight excluding hydrogens is 628 g/mol. The molecule has 16 N–H and O–H groups in total. The number of carbonyl (C=O) groups excluding carboxylic acids is 5. The van der Waals surface area contributed by atoms with E-state index in [0.717, 1.165) is 0 Å². The highest BCUT2D eigenvalue weighted by molar-refractivity contribution is 5.97. The number of amides is 5. The Morgan fingerprint density at radius 3 is 1.90 bits per heavy atom. The third kappa shape index (κ3) is 15.5. The zero-order valence-electron chi connectivity index (χ0n) is 27.3. The molecule has 48 heavy (non-hydrogen) atoms. The van der Waals surface area contributed by atoms with Crippen LogP contribution in [0, 0.1) is 5.92 Å². The standard InChI is InChI=1S/C30H50N10O8/c1-16(2)24(28(46)39-22(29(47)48)14-17-8-10-18(41)11-9-17)40-27(45)21(15-23(33)42)38-26(44)20(7-3-4-12-31)37-25(43)19(32)6-5-13-36-30(34)35/h8-11,16,19-22,24,41H,3-7,12-15,31-32H2,1-2H3,(H2,33,42)(H,37,43)(H,38,44)(H,39,46)(H,40,45)(H,47,48)(H4,34,35,36)/t19-,20-,21-,22-,24-/m0/s1. The zero-order valence-corrected chi connectivity index (χ0v) is 27.3. The monoisotopic (exact) mass is 678 g/mol. The van der Waals surface area contributed by atoms with Crippen LogP contribution in [0.15, 0.2) is 29.3 Å². The second-order valence-corrected chi connectivity index (χ2v) is 11.6. The number of hydrogen-bond acceptors (Lipinski definition) is 10. The van der Waals surface area contributed by atoms with Crippen LogP contribution in [0.2, 0.25) is 0 Å². The Morgan fingerprint density at radius 2 is 1.35 bits per heavy atom. The number of aromatic hydroxyl groups is 1. The van der Waals surface area contributed by atoms with Gasteiger partial charge in [0.15, 0.2) is 5.96 Å². The average molecular weight is 679 g/mol. The zero-order chi connectivity index (χ0) is 36.4. The smallest absolute Gasteiger partial charge is 0.326 e. The largest absolute Gasteiger partial charge is 0.508 e. The second kappa shape index (κ2) is 21.0. The van der Waals surface area contributed by atoms with Gasteiger partial charge >= 0.3 is 5.97 Å². The lowest BCUT2D eigenvalue weighted by molar-refractivity contribution is -0.142. The molecule has 18 nitrogen and oxygen atoms in total. The van der Waals surface area contributed by atoms with E-state index < -0.39 is 78.1 Å². The van der Waals surface area contributed by atoms with Gasteiger partial charge in [0.05, 0.1) is 12.5 Å². The fourth-order valence-corrected chi connectivity index (χ4v) is 4.49. The van der Waals surface area contributed by atoms with Crippen LogP contribution in [0.3, 0.4) is 0 Å². The lowest BCUT2D eigenvalue weighted by Crippen LogP contribution is -2.60. The summed E-state index contributed by atoms with van der Waals surface area (Å²) in [6.07, 6.45) is 0.953. The number of carbonyl (C=O) groups is 6. The summed E-state index contributed by atoms with van der Waals surface area (Å²) in [6.45, 7) is 3.78. The Kier molecular flexibility index (Phi) is 18.0. The van der Waals surface area contributed by atoms with E-state index in [2.05, 4.69) is 26.3 Å². The van der Waals surface area contributed by atoms with Gasteiger partial charge in [0.2, 0.25) is 29.5 Å². The molecule has 0 aromatic heterocycles. The molecule has 0 saturated heterocycles. The van der Waals surface area contributed by atoms with E-state index in [1.165, 1.54) is 24.3 Å². The van der Waals surface area contributed by atoms with Gasteiger partial charge in [0.25, 0.3) is 0 Å². The van der Waals surface area contributed by atoms with Crippen molar-refractivity contribution in [1.82, 2.24) is 21.3 Å². The van der Waals surface area contributed by atoms with E-state index in [-0.39, 0.29) is 37.5 Å². The van der Waals surface area contributed by atoms with E-state index in [1.807, 2.05) is 0 Å². The maximum Gasteiger partial charge on any atom is 0.326 e. The quantitative estimate of drug-likeness (QED) is 0.0332. The van der Waals surface area contributed by atoms with Gasteiger partial charge in [-0.25, -0.2) is 4.79 Å². The van der Waals surface area contributed by atoms with E-state index >= 15 is 0 Å². The highest BCUT2D eigenvalue weighted by Crippen LogP contribution is 2.13. The van der Waals surface area contributed by atoms with Crippen molar-refractivity contribution in [3.63, 3.8) is 0 Å². The molecule has 0 fully saturated rings. The maximum atomic E-state index is 13.4. The highest BCUT2D eigenvalue weighted by Gasteiger charge is 2.33. The Labute approximate surface area is 279 Å². The lowest BCUT2D eigenvalue weighted by atomic mass is 10.0. The topological polar surface area (TPSA) is 333 Å². The Balaban J connectivity index is 3.07. The Bertz CT molecular complexity index is 1270. The van der Waals surface area contributed by atoms with Crippen LogP contribution in [-0.2, 0) is 35.2 Å². The Morgan fingerprint density at radius 1 is 0.771 bits per heavy atom. The Hall–Kier alpha value is -4.97. The number of carboxylic acid groups (broad SMARTS) is 1. The van der Waals surface area contributed by atoms with Crippen LogP contribution < -0.4 is 49.9 Å². The van der Waals surface area contributed by atoms with Gasteiger partial charge in [0, 0.05) is 13.0 Å². The van der Waals surface area contributed by atoms with Crippen LogP contribution >= 0.6 is 0 Å². The number of nitrogens with zero attached hydrogens (tertiary/aromatic N) is 1. The second-order valence-electron chi connectivity index (χ2n) is 11.6. The van der Waals surface area contributed by atoms with Gasteiger partial charge in [0.1, 0.15) is 29.9 Å². The number of guanidine groups is 1. The molecule has 18 heteroatoms. The summed E-state index contributed by atoms with van der Waals surface area (Å²) in [7, 11) is 0. The number of nitrogens with one attached hydrogen (secondary N) is 4. The number of aliphatic imine (C=N–C) groups is 1. The molecule has 268 valence electrons. The van der Waals surface area contributed by atoms with Crippen molar-refractivity contribution < 1.29 is 39.0 Å². The number of aliphatic carboxylic acids is 1. The van der Waals surface area contributed by atoms with Gasteiger partial charge < -0.3 is 60.1 Å². The summed E-state index contributed by atoms with van der Waals surface area (Å²) in [5.74, 6) is -6.15. The summed E-state index contributed by atoms with van der Waals surface area (Å²) < 4.78 is 0. The fraction of sp³-hybridized carbons (Fsp3) is 0.567. The van der Waals surface area contributed by atoms with Crippen LogP contribution in [0.1, 0.15) is 57.9 Å². The summed E-state index contributed by atoms with van der Waals surface area (Å²) in [6, 6.07) is -0.589. The van der Waals surface area contributed by atoms with Crippen LogP contribution in [0.4, 0.5) is 0 Å². The summed E-state index contributed by atoms with van der Waals surface area (Å²) in [5, 5.41) is 29.1. The van der Waals surface area contributed by atoms with Crippen molar-refractivity contribution in [2.75, 3.05) is 13.1 Å². The first-order valence-electron chi connectivity index (χ1n) is 15.6. The molecule has 1 rings (SSSR count). The lowest BCUT2D eigenvalue weighted by Gasteiger charge is -2.27. The molecular formula is C30H50N10O8. The molecule has 5 atom stereocenters. The minimum atomic E-state index is -1.54. The third-order valence-electron chi connectivity index (χ3n) is 7.16. The first-order chi connectivity index (χ1) is 22.5. The number of rotatable bonds is 22. The number of carboxylic acids is 1. The summed E-state index contributed by atoms with van der Waals surface area (Å²) >= 11 is 0. The fourth-order valence-electron chi connectivity index (χ4n) is 4.49. The maximum absolute atomic E-state index is 13.4. The number of unbranched alkanes of at least 4 members (excludes halogenated alkanes) is 1. The molecule has 0 spiro atoms. The van der Waals surface area contributed by atoms with Crippen molar-refractivity contribution in [3.8, 4) is 5.75 Å². The first kappa shape index (κ1) is 41.1. The highest BCUT2D eigenvalue weighted by atomic mass is 16.4. The molecule has 0 radical (unpaired) electrons. The number of nitrogens with two attached hydrogens (primary N) is 5. The van der Waals surface area contributed by atoms with E-state index in [9.17, 15) is 39.0 Å². The summed E-state index contributed by atoms with van der Waals surface area (Å²) in [4.78, 5) is 80.4. The molecule has 5 amide bonds. The van der Waals surface area contributed by atoms with Crippen molar-refractivity contribution in [1.29, 1.82) is 0 Å². The minimum Gasteiger partial charge on any atom is -0.508 e. The molecule has 1 aromatic rings. The summed E-state index contributed by atoms with van der Waals surface area (Å²) in [5.41, 5.74) is 28.0. The van der Waals surface area contributed by atoms with Crippen molar-refractivity contribution in [2.24, 2.45) is 39.6 Å². The van der Waals surface area contributed by atoms with Crippen LogP contribution in [0.25, 0.3) is 0 Å². The van der Waals surface area contributed by atoms with Gasteiger partial charge in [-0.2, -0.15) is 0 Å². The van der Waals surface area contributed by atoms with Gasteiger partial charge in [-0.1, -0.05) is 26.0 Å². The number of phenols is 1. The average Bonchev–Trinajstić information content (AvgIpc) is 3.00. The first-order valence-corrected chi connectivity index (χ1v) is 15.6. The number of benzene rings is 1. The third-order valence-corrected chi connectivity index (χ3v) is 7.16. The number of phenolic OH excluding ortho intramolecular Hbond substituents is 1. The van der Waals surface area contributed by atoms with E-state index in [1.54, 1.807) is 13.8 Å². The van der Waals surface area contributed by atoms with E-state index in [0.29, 0.717) is 31.4 Å². The molecule has 0 aliphatic heterocycles. The van der Waals surface area contributed by atoms with Gasteiger partial charge in [-0.05, 0) is 62.3 Å². The normalized spacial score (nSPS) is 14.0. The SMILES string of the molecule is CC(C)[C@H](NC(=O)[C@H](CC(N)=O)NC(=O)[C@H](CCCCN)NC(=O)[C@@H](N)CCCN=C(N)N)C(=O)N[C@@H](Cc1ccc(O)cc1)C(=O)O. The van der Waals surface area contributed by atoms with Gasteiger partial charge in [-0.15, -0.1) is 0 Å². The molecule has 0 aliphatic rings. The molecule has 0 bridgehead atoms. The minimum absolute atomic E-state index is 0.0151. The molecule has 0 heterocycles. The molecule has 1 aromatic carbocycles. The number of hydrogen-bond donors (Lipinski definition) is 11. The predicted molar refractivity (Wildman–Crippen MR) is 177 cm³/mol. The molecule has 0 aliphatic carbocycles. The van der Waals surface area contributed by atoms with Crippen LogP contribution in [-0.4, -0.2) is 95.0 Å². The van der Waals surface area contributed by atoms with Crippen molar-refractivity contribution in [3.05, 3.63) is 29.8 Å². The van der Waals surface area contributed by atoms with Crippen LogP contribution in [0.5, 0.6) is 5.75 Å². The molecule has 0 unspecified atom stereocenters. The molecule has 0 saturated carbocycles. The van der Waals surface area contributed by atoms with Crippen molar-refractivity contribution >= 4 is 41.5 Å². The van der Waals surface area contributed by atoms with Gasteiger partial charge in [-0.3, -0.25) is 29.0 Å².